The number of hydrogen-bond donors (Lipinski definition) is 2. The quantitative estimate of drug-likeness (QED) is 0.318. The van der Waals surface area contributed by atoms with E-state index in [2.05, 4.69) is 25.4 Å². The molecule has 3 aromatic carbocycles. The minimum absolute atomic E-state index is 0.0112. The van der Waals surface area contributed by atoms with Crippen LogP contribution in [-0.4, -0.2) is 31.8 Å². The van der Waals surface area contributed by atoms with Gasteiger partial charge in [0.2, 0.25) is 11.7 Å². The number of Topliss-reactive ketones (excluding diaryl/α,β-unsaturated/α-hetero) is 1. The van der Waals surface area contributed by atoms with E-state index in [0.29, 0.717) is 46.1 Å². The molecule has 9 heteroatoms. The van der Waals surface area contributed by atoms with Gasteiger partial charge >= 0.3 is 0 Å². The predicted molar refractivity (Wildman–Crippen MR) is 134 cm³/mol. The van der Waals surface area contributed by atoms with Gasteiger partial charge in [-0.2, -0.15) is 4.98 Å². The van der Waals surface area contributed by atoms with E-state index in [1.165, 1.54) is 6.33 Å². The second-order valence-electron chi connectivity index (χ2n) is 8.28. The topological polar surface area (TPSA) is 137 Å². The first-order valence-electron chi connectivity index (χ1n) is 11.3. The highest BCUT2D eigenvalue weighted by Crippen LogP contribution is 2.23. The Morgan fingerprint density at radius 3 is 2.58 bits per heavy atom. The number of ketones is 1. The molecule has 0 atom stereocenters. The van der Waals surface area contributed by atoms with Gasteiger partial charge in [-0.25, -0.2) is 9.97 Å². The van der Waals surface area contributed by atoms with Crippen molar-refractivity contribution in [1.82, 2.24) is 20.1 Å². The number of nitrogens with two attached hydrogens (primary N) is 1. The van der Waals surface area contributed by atoms with E-state index >= 15 is 0 Å². The number of nitrogens with one attached hydrogen (secondary N) is 1. The molecule has 3 N–H and O–H groups in total. The second-order valence-corrected chi connectivity index (χ2v) is 8.28. The zero-order valence-electron chi connectivity index (χ0n) is 19.4. The Morgan fingerprint density at radius 2 is 1.78 bits per heavy atom. The van der Waals surface area contributed by atoms with Crippen molar-refractivity contribution in [3.8, 4) is 11.4 Å². The number of aryl methyl sites for hydroxylation is 1. The SMILES string of the molecule is Cc1nc(-c2cccc(C(=O)Cc3cccc(CNc4ncnc5c(C(N)=O)cccc45)c3)c2)no1. The van der Waals surface area contributed by atoms with Gasteiger partial charge in [-0.05, 0) is 29.3 Å². The summed E-state index contributed by atoms with van der Waals surface area (Å²) in [5, 5.41) is 7.93. The van der Waals surface area contributed by atoms with E-state index in [-0.39, 0.29) is 12.2 Å². The highest BCUT2D eigenvalue weighted by atomic mass is 16.5. The number of hydrogen-bond acceptors (Lipinski definition) is 8. The Bertz CT molecular complexity index is 1590. The summed E-state index contributed by atoms with van der Waals surface area (Å²) in [6.07, 6.45) is 1.65. The molecule has 0 unspecified atom stereocenters. The first-order valence-corrected chi connectivity index (χ1v) is 11.3. The van der Waals surface area contributed by atoms with Crippen molar-refractivity contribution in [2.24, 2.45) is 5.73 Å². The summed E-state index contributed by atoms with van der Waals surface area (Å²) in [5.74, 6) is 0.965. The zero-order valence-corrected chi connectivity index (χ0v) is 19.4. The highest BCUT2D eigenvalue weighted by molar-refractivity contribution is 6.06. The summed E-state index contributed by atoms with van der Waals surface area (Å²) in [7, 11) is 0. The summed E-state index contributed by atoms with van der Waals surface area (Å²) >= 11 is 0. The van der Waals surface area contributed by atoms with Crippen LogP contribution in [0.1, 0.15) is 37.7 Å². The van der Waals surface area contributed by atoms with E-state index in [1.807, 2.05) is 42.5 Å². The molecule has 9 nitrogen and oxygen atoms in total. The summed E-state index contributed by atoms with van der Waals surface area (Å²) in [6, 6.07) is 20.2. The van der Waals surface area contributed by atoms with Crippen molar-refractivity contribution in [2.75, 3.05) is 5.32 Å². The van der Waals surface area contributed by atoms with Crippen molar-refractivity contribution < 1.29 is 14.1 Å². The molecule has 1 amide bonds. The van der Waals surface area contributed by atoms with Crippen LogP contribution in [0, 0.1) is 6.92 Å². The smallest absolute Gasteiger partial charge is 0.250 e. The lowest BCUT2D eigenvalue weighted by atomic mass is 10.00. The van der Waals surface area contributed by atoms with Crippen LogP contribution in [0.4, 0.5) is 5.82 Å². The van der Waals surface area contributed by atoms with Gasteiger partial charge in [-0.15, -0.1) is 0 Å². The molecule has 0 aliphatic rings. The van der Waals surface area contributed by atoms with Gasteiger partial charge < -0.3 is 15.6 Å². The van der Waals surface area contributed by atoms with E-state index < -0.39 is 5.91 Å². The number of primary amides is 1. The number of amides is 1. The van der Waals surface area contributed by atoms with Crippen molar-refractivity contribution in [2.45, 2.75) is 19.9 Å². The predicted octanol–water partition coefficient (Wildman–Crippen LogP) is 4.12. The minimum atomic E-state index is -0.541. The lowest BCUT2D eigenvalue weighted by Crippen LogP contribution is -2.12. The lowest BCUT2D eigenvalue weighted by molar-refractivity contribution is 0.0988. The van der Waals surface area contributed by atoms with Crippen LogP contribution in [-0.2, 0) is 13.0 Å². The largest absolute Gasteiger partial charge is 0.366 e. The molecule has 0 radical (unpaired) electrons. The summed E-state index contributed by atoms with van der Waals surface area (Å²) in [6.45, 7) is 2.19. The van der Waals surface area contributed by atoms with Crippen LogP contribution in [0.5, 0.6) is 0 Å². The molecule has 5 rings (SSSR count). The van der Waals surface area contributed by atoms with Crippen molar-refractivity contribution in [3.05, 3.63) is 101 Å². The normalized spacial score (nSPS) is 10.9. The molecule has 2 heterocycles. The highest BCUT2D eigenvalue weighted by Gasteiger charge is 2.13. The minimum Gasteiger partial charge on any atom is -0.366 e. The summed E-state index contributed by atoms with van der Waals surface area (Å²) in [5.41, 5.74) is 9.50. The van der Waals surface area contributed by atoms with Crippen LogP contribution in [0.25, 0.3) is 22.3 Å². The first kappa shape index (κ1) is 22.9. The molecule has 0 aliphatic carbocycles. The molecule has 0 saturated heterocycles. The van der Waals surface area contributed by atoms with Gasteiger partial charge in [0.25, 0.3) is 5.91 Å². The molecular formula is C27H22N6O3. The van der Waals surface area contributed by atoms with Gasteiger partial charge in [0, 0.05) is 36.4 Å². The number of carbonyl (C=O) groups excluding carboxylic acids is 2. The number of rotatable bonds is 8. The van der Waals surface area contributed by atoms with Gasteiger partial charge in [-0.3, -0.25) is 9.59 Å². The lowest BCUT2D eigenvalue weighted by Gasteiger charge is -2.11. The second kappa shape index (κ2) is 9.75. The maximum atomic E-state index is 13.0. The van der Waals surface area contributed by atoms with E-state index in [4.69, 9.17) is 10.3 Å². The fourth-order valence-electron chi connectivity index (χ4n) is 4.00. The van der Waals surface area contributed by atoms with E-state index in [1.54, 1.807) is 31.2 Å². The van der Waals surface area contributed by atoms with Crippen molar-refractivity contribution in [1.29, 1.82) is 0 Å². The number of benzene rings is 3. The third-order valence-electron chi connectivity index (χ3n) is 5.72. The molecule has 2 aromatic heterocycles. The van der Waals surface area contributed by atoms with E-state index in [9.17, 15) is 9.59 Å². The van der Waals surface area contributed by atoms with Crippen molar-refractivity contribution >= 4 is 28.4 Å². The Hall–Kier alpha value is -4.92. The van der Waals surface area contributed by atoms with Crippen LogP contribution in [0.2, 0.25) is 0 Å². The molecule has 178 valence electrons. The average Bonchev–Trinajstić information content (AvgIpc) is 3.33. The van der Waals surface area contributed by atoms with Gasteiger partial charge in [-0.1, -0.05) is 53.7 Å². The Kier molecular flexibility index (Phi) is 6.19. The molecule has 5 aromatic rings. The van der Waals surface area contributed by atoms with Gasteiger partial charge in [0.05, 0.1) is 11.1 Å². The van der Waals surface area contributed by atoms with Crippen LogP contribution in [0.3, 0.4) is 0 Å². The fraction of sp³-hybridized carbons (Fsp3) is 0.111. The van der Waals surface area contributed by atoms with Gasteiger partial charge in [0.15, 0.2) is 5.78 Å². The maximum Gasteiger partial charge on any atom is 0.250 e. The Balaban J connectivity index is 1.30. The Labute approximate surface area is 206 Å². The third-order valence-corrected chi connectivity index (χ3v) is 5.72. The zero-order chi connectivity index (χ0) is 25.1. The number of para-hydroxylation sites is 1. The van der Waals surface area contributed by atoms with Gasteiger partial charge in [0.1, 0.15) is 12.1 Å². The van der Waals surface area contributed by atoms with Crippen LogP contribution >= 0.6 is 0 Å². The monoisotopic (exact) mass is 478 g/mol. The fourth-order valence-corrected chi connectivity index (χ4v) is 4.00. The van der Waals surface area contributed by atoms with Crippen molar-refractivity contribution in [3.63, 3.8) is 0 Å². The maximum absolute atomic E-state index is 13.0. The molecule has 36 heavy (non-hydrogen) atoms. The molecule has 0 saturated carbocycles. The first-order chi connectivity index (χ1) is 17.5. The molecule has 0 fully saturated rings. The summed E-state index contributed by atoms with van der Waals surface area (Å²) in [4.78, 5) is 37.5. The van der Waals surface area contributed by atoms with Crippen LogP contribution < -0.4 is 11.1 Å². The third kappa shape index (κ3) is 4.80. The molecule has 0 bridgehead atoms. The Morgan fingerprint density at radius 1 is 0.972 bits per heavy atom. The van der Waals surface area contributed by atoms with Crippen LogP contribution in [0.15, 0.2) is 77.6 Å². The van der Waals surface area contributed by atoms with E-state index in [0.717, 1.165) is 16.7 Å². The molecular weight excluding hydrogens is 456 g/mol. The number of aromatic nitrogens is 4. The molecule has 0 aliphatic heterocycles. The summed E-state index contributed by atoms with van der Waals surface area (Å²) < 4.78 is 5.04. The number of nitrogens with zero attached hydrogens (tertiary/aromatic N) is 4. The standard InChI is InChI=1S/C27H22N6O3/c1-16-32-26(33-36-16)20-8-3-7-19(13-20)23(34)12-17-5-2-6-18(11-17)14-29-27-22-10-4-9-21(25(28)35)24(22)30-15-31-27/h2-11,13,15H,12,14H2,1H3,(H2,28,35)(H,29,30,31). The molecule has 0 spiro atoms. The number of carbonyl (C=O) groups is 2. The number of fused-ring (bicyclic) bond motifs is 1. The number of anilines is 1. The average molecular weight is 479 g/mol.